The van der Waals surface area contributed by atoms with Gasteiger partial charge in [0.25, 0.3) is 0 Å². The van der Waals surface area contributed by atoms with E-state index in [1.165, 1.54) is 0 Å². The van der Waals surface area contributed by atoms with E-state index in [-0.39, 0.29) is 6.04 Å². The largest absolute Gasteiger partial charge is 0.480 e. The van der Waals surface area contributed by atoms with Gasteiger partial charge in [-0.15, -0.1) is 0 Å². The number of carboxylic acids is 1. The Morgan fingerprint density at radius 1 is 1.82 bits per heavy atom. The molecule has 0 amide bonds. The molecule has 2 atom stereocenters. The molecule has 6 heteroatoms. The van der Waals surface area contributed by atoms with E-state index in [0.29, 0.717) is 24.4 Å². The van der Waals surface area contributed by atoms with E-state index in [1.807, 2.05) is 6.92 Å². The Bertz CT molecular complexity index is 421. The predicted molar refractivity (Wildman–Crippen MR) is 64.2 cm³/mol. The van der Waals surface area contributed by atoms with Crippen molar-refractivity contribution >= 4 is 17.6 Å². The highest BCUT2D eigenvalue weighted by molar-refractivity contribution is 6.30. The van der Waals surface area contributed by atoms with Crippen LogP contribution in [0.15, 0.2) is 12.4 Å². The van der Waals surface area contributed by atoms with Crippen LogP contribution in [0.4, 0.5) is 0 Å². The van der Waals surface area contributed by atoms with E-state index in [2.05, 4.69) is 10.4 Å². The third-order valence-corrected chi connectivity index (χ3v) is 3.55. The number of hydrogen-bond acceptors (Lipinski definition) is 3. The molecule has 0 aliphatic heterocycles. The van der Waals surface area contributed by atoms with Crippen molar-refractivity contribution in [2.75, 3.05) is 6.54 Å². The molecule has 1 aromatic rings. The quantitative estimate of drug-likeness (QED) is 0.862. The summed E-state index contributed by atoms with van der Waals surface area (Å²) in [7, 11) is 0. The van der Waals surface area contributed by atoms with Gasteiger partial charge in [0.15, 0.2) is 0 Å². The Hall–Kier alpha value is -1.07. The zero-order valence-corrected chi connectivity index (χ0v) is 10.4. The van der Waals surface area contributed by atoms with E-state index < -0.39 is 11.5 Å². The Morgan fingerprint density at radius 3 is 3.12 bits per heavy atom. The molecule has 5 nitrogen and oxygen atoms in total. The molecule has 0 saturated heterocycles. The first kappa shape index (κ1) is 12.4. The van der Waals surface area contributed by atoms with Crippen molar-refractivity contribution in [2.45, 2.75) is 37.8 Å². The van der Waals surface area contributed by atoms with Crippen molar-refractivity contribution in [1.29, 1.82) is 0 Å². The van der Waals surface area contributed by atoms with Gasteiger partial charge in [-0.1, -0.05) is 18.5 Å². The van der Waals surface area contributed by atoms with Gasteiger partial charge in [-0.2, -0.15) is 5.10 Å². The highest BCUT2D eigenvalue weighted by Crippen LogP contribution is 2.38. The molecular formula is C11H16ClN3O2. The standard InChI is InChI=1S/C11H16ClN3O2/c1-2-13-11(10(16)17)4-3-9(5-11)15-7-8(12)6-14-15/h6-7,9,13H,2-5H2,1H3,(H,16,17). The molecular weight excluding hydrogens is 242 g/mol. The average molecular weight is 258 g/mol. The van der Waals surface area contributed by atoms with E-state index >= 15 is 0 Å². The fourth-order valence-electron chi connectivity index (χ4n) is 2.53. The van der Waals surface area contributed by atoms with Crippen LogP contribution in [0, 0.1) is 0 Å². The first-order valence-electron chi connectivity index (χ1n) is 5.75. The number of hydrogen-bond donors (Lipinski definition) is 2. The van der Waals surface area contributed by atoms with Crippen LogP contribution in [-0.2, 0) is 4.79 Å². The van der Waals surface area contributed by atoms with Gasteiger partial charge < -0.3 is 10.4 Å². The average Bonchev–Trinajstić information content (AvgIpc) is 2.86. The summed E-state index contributed by atoms with van der Waals surface area (Å²) in [5, 5.41) is 17.2. The molecule has 1 aromatic heterocycles. The molecule has 1 aliphatic rings. The number of likely N-dealkylation sites (N-methyl/N-ethyl adjacent to an activating group) is 1. The molecule has 2 unspecified atom stereocenters. The fourth-order valence-corrected chi connectivity index (χ4v) is 2.67. The Balaban J connectivity index is 2.14. The number of carbonyl (C=O) groups is 1. The molecule has 1 aliphatic carbocycles. The van der Waals surface area contributed by atoms with E-state index in [9.17, 15) is 9.90 Å². The van der Waals surface area contributed by atoms with Gasteiger partial charge in [-0.05, 0) is 25.8 Å². The van der Waals surface area contributed by atoms with Crippen molar-refractivity contribution in [2.24, 2.45) is 0 Å². The number of carboxylic acid groups (broad SMARTS) is 1. The number of nitrogens with one attached hydrogen (secondary N) is 1. The maximum Gasteiger partial charge on any atom is 0.323 e. The van der Waals surface area contributed by atoms with Gasteiger partial charge in [0, 0.05) is 6.20 Å². The monoisotopic (exact) mass is 257 g/mol. The second-order valence-corrected chi connectivity index (χ2v) is 4.89. The molecule has 0 spiro atoms. The molecule has 17 heavy (non-hydrogen) atoms. The minimum absolute atomic E-state index is 0.109. The van der Waals surface area contributed by atoms with E-state index in [1.54, 1.807) is 17.1 Å². The number of aromatic nitrogens is 2. The topological polar surface area (TPSA) is 67.2 Å². The number of aliphatic carboxylic acids is 1. The lowest BCUT2D eigenvalue weighted by atomic mass is 9.97. The minimum atomic E-state index is -0.808. The summed E-state index contributed by atoms with van der Waals surface area (Å²) >= 11 is 5.82. The van der Waals surface area contributed by atoms with Gasteiger partial charge in [0.2, 0.25) is 0 Å². The smallest absolute Gasteiger partial charge is 0.323 e. The first-order chi connectivity index (χ1) is 8.07. The predicted octanol–water partition coefficient (Wildman–Crippen LogP) is 1.69. The van der Waals surface area contributed by atoms with Crippen molar-refractivity contribution in [3.8, 4) is 0 Å². The molecule has 1 heterocycles. The van der Waals surface area contributed by atoms with Crippen LogP contribution in [-0.4, -0.2) is 32.9 Å². The molecule has 1 fully saturated rings. The SMILES string of the molecule is CCNC1(C(=O)O)CCC(n2cc(Cl)cn2)C1. The zero-order chi connectivity index (χ0) is 12.5. The Kier molecular flexibility index (Phi) is 3.40. The summed E-state index contributed by atoms with van der Waals surface area (Å²) in [6.07, 6.45) is 5.30. The van der Waals surface area contributed by atoms with Crippen molar-refractivity contribution < 1.29 is 9.90 Å². The molecule has 2 rings (SSSR count). The summed E-state index contributed by atoms with van der Waals surface area (Å²) < 4.78 is 1.77. The molecule has 1 saturated carbocycles. The van der Waals surface area contributed by atoms with Gasteiger partial charge in [0.1, 0.15) is 5.54 Å². The molecule has 94 valence electrons. The first-order valence-corrected chi connectivity index (χ1v) is 6.13. The van der Waals surface area contributed by atoms with Crippen LogP contribution in [0.3, 0.4) is 0 Å². The second kappa shape index (κ2) is 4.66. The molecule has 0 aromatic carbocycles. The van der Waals surface area contributed by atoms with Crippen LogP contribution in [0.5, 0.6) is 0 Å². The summed E-state index contributed by atoms with van der Waals surface area (Å²) in [5.41, 5.74) is -0.808. The summed E-state index contributed by atoms with van der Waals surface area (Å²) in [6, 6.07) is 0.109. The summed E-state index contributed by atoms with van der Waals surface area (Å²) in [6.45, 7) is 2.57. The number of nitrogens with zero attached hydrogens (tertiary/aromatic N) is 2. The fraction of sp³-hybridized carbons (Fsp3) is 0.636. The Morgan fingerprint density at radius 2 is 2.59 bits per heavy atom. The van der Waals surface area contributed by atoms with Gasteiger partial charge in [-0.25, -0.2) is 0 Å². The van der Waals surface area contributed by atoms with E-state index in [4.69, 9.17) is 11.6 Å². The van der Waals surface area contributed by atoms with Gasteiger partial charge in [-0.3, -0.25) is 9.48 Å². The summed E-state index contributed by atoms with van der Waals surface area (Å²) in [5.74, 6) is -0.778. The van der Waals surface area contributed by atoms with Crippen LogP contribution in [0.1, 0.15) is 32.2 Å². The number of halogens is 1. The lowest BCUT2D eigenvalue weighted by molar-refractivity contribution is -0.144. The lowest BCUT2D eigenvalue weighted by Gasteiger charge is -2.25. The van der Waals surface area contributed by atoms with Gasteiger partial charge >= 0.3 is 5.97 Å². The lowest BCUT2D eigenvalue weighted by Crippen LogP contribution is -2.50. The molecule has 0 radical (unpaired) electrons. The number of rotatable bonds is 4. The maximum absolute atomic E-state index is 11.4. The normalized spacial score (nSPS) is 28.5. The van der Waals surface area contributed by atoms with Crippen LogP contribution < -0.4 is 5.32 Å². The maximum atomic E-state index is 11.4. The van der Waals surface area contributed by atoms with Gasteiger partial charge in [0.05, 0.1) is 17.3 Å². The van der Waals surface area contributed by atoms with Crippen molar-refractivity contribution in [3.63, 3.8) is 0 Å². The Labute approximate surface area is 105 Å². The summed E-state index contributed by atoms with van der Waals surface area (Å²) in [4.78, 5) is 11.4. The highest BCUT2D eigenvalue weighted by atomic mass is 35.5. The van der Waals surface area contributed by atoms with Crippen molar-refractivity contribution in [3.05, 3.63) is 17.4 Å². The minimum Gasteiger partial charge on any atom is -0.480 e. The molecule has 2 N–H and O–H groups in total. The molecule has 0 bridgehead atoms. The zero-order valence-electron chi connectivity index (χ0n) is 9.69. The van der Waals surface area contributed by atoms with Crippen molar-refractivity contribution in [1.82, 2.24) is 15.1 Å². The van der Waals surface area contributed by atoms with E-state index in [0.717, 1.165) is 6.42 Å². The van der Waals surface area contributed by atoms with Crippen LogP contribution in [0.25, 0.3) is 0 Å². The third kappa shape index (κ3) is 2.30. The highest BCUT2D eigenvalue weighted by Gasteiger charge is 2.45. The second-order valence-electron chi connectivity index (χ2n) is 4.45. The van der Waals surface area contributed by atoms with Crippen LogP contribution >= 0.6 is 11.6 Å². The third-order valence-electron chi connectivity index (χ3n) is 3.36. The van der Waals surface area contributed by atoms with Crippen LogP contribution in [0.2, 0.25) is 5.02 Å².